The lowest BCUT2D eigenvalue weighted by atomic mass is 10.2. The molecule has 4 nitrogen and oxygen atoms in total. The minimum Gasteiger partial charge on any atom is -0.496 e. The van der Waals surface area contributed by atoms with Crippen molar-refractivity contribution in [3.8, 4) is 5.75 Å². The first kappa shape index (κ1) is 15.7. The second-order valence-corrected chi connectivity index (χ2v) is 3.45. The Bertz CT molecular complexity index is 345. The predicted molar refractivity (Wildman–Crippen MR) is 70.9 cm³/mol. The molecule has 0 unspecified atom stereocenters. The van der Waals surface area contributed by atoms with Gasteiger partial charge in [-0.15, -0.1) is 12.4 Å². The summed E-state index contributed by atoms with van der Waals surface area (Å²) in [6, 6.07) is 7.17. The fourth-order valence-electron chi connectivity index (χ4n) is 1.40. The summed E-state index contributed by atoms with van der Waals surface area (Å²) >= 11 is 0. The lowest BCUT2D eigenvalue weighted by molar-refractivity contribution is 0.0950. The lowest BCUT2D eigenvalue weighted by Crippen LogP contribution is -2.25. The topological polar surface area (TPSA) is 64.3 Å². The van der Waals surface area contributed by atoms with Crippen molar-refractivity contribution in [2.75, 3.05) is 20.2 Å². The molecule has 1 rings (SSSR count). The molecule has 0 spiro atoms. The van der Waals surface area contributed by atoms with E-state index in [-0.39, 0.29) is 18.3 Å². The summed E-state index contributed by atoms with van der Waals surface area (Å²) in [6.45, 7) is 1.30. The van der Waals surface area contributed by atoms with E-state index in [9.17, 15) is 4.79 Å². The number of ether oxygens (including phenoxy) is 1. The zero-order chi connectivity index (χ0) is 11.8. The number of methoxy groups -OCH3 is 1. The van der Waals surface area contributed by atoms with Crippen LogP contribution in [0, 0.1) is 0 Å². The van der Waals surface area contributed by atoms with E-state index in [2.05, 4.69) is 5.32 Å². The number of para-hydroxylation sites is 1. The lowest BCUT2D eigenvalue weighted by Gasteiger charge is -2.08. The molecule has 0 aromatic heterocycles. The summed E-state index contributed by atoms with van der Waals surface area (Å²) in [7, 11) is 1.56. The molecule has 0 saturated heterocycles. The fraction of sp³-hybridized carbons (Fsp3) is 0.417. The zero-order valence-electron chi connectivity index (χ0n) is 9.94. The highest BCUT2D eigenvalue weighted by atomic mass is 35.5. The first-order valence-electron chi connectivity index (χ1n) is 5.41. The Labute approximate surface area is 108 Å². The van der Waals surface area contributed by atoms with E-state index in [1.165, 1.54) is 0 Å². The highest BCUT2D eigenvalue weighted by molar-refractivity contribution is 5.96. The monoisotopic (exact) mass is 258 g/mol. The van der Waals surface area contributed by atoms with E-state index in [1.54, 1.807) is 19.2 Å². The summed E-state index contributed by atoms with van der Waals surface area (Å²) in [5.41, 5.74) is 5.94. The van der Waals surface area contributed by atoms with Crippen molar-refractivity contribution >= 4 is 18.3 Å². The van der Waals surface area contributed by atoms with Crippen LogP contribution in [0.5, 0.6) is 5.75 Å². The summed E-state index contributed by atoms with van der Waals surface area (Å²) in [5.74, 6) is 0.494. The maximum absolute atomic E-state index is 11.8. The van der Waals surface area contributed by atoms with Gasteiger partial charge in [-0.1, -0.05) is 12.1 Å². The second kappa shape index (κ2) is 8.84. The van der Waals surface area contributed by atoms with Gasteiger partial charge in [0.2, 0.25) is 0 Å². The second-order valence-electron chi connectivity index (χ2n) is 3.45. The molecule has 3 N–H and O–H groups in total. The Morgan fingerprint density at radius 3 is 2.71 bits per heavy atom. The van der Waals surface area contributed by atoms with Gasteiger partial charge in [0.25, 0.3) is 5.91 Å². The molecule has 1 aromatic rings. The van der Waals surface area contributed by atoms with Crippen molar-refractivity contribution in [3.63, 3.8) is 0 Å². The van der Waals surface area contributed by atoms with Crippen LogP contribution in [0.15, 0.2) is 24.3 Å². The number of nitrogens with two attached hydrogens (primary N) is 1. The molecule has 0 aliphatic rings. The SMILES string of the molecule is COc1ccccc1C(=O)NCCCCN.Cl. The third-order valence-corrected chi connectivity index (χ3v) is 2.27. The van der Waals surface area contributed by atoms with Gasteiger partial charge < -0.3 is 15.8 Å². The van der Waals surface area contributed by atoms with Gasteiger partial charge in [-0.2, -0.15) is 0 Å². The molecule has 0 aliphatic carbocycles. The standard InChI is InChI=1S/C12H18N2O2.ClH/c1-16-11-7-3-2-6-10(11)12(15)14-9-5-4-8-13;/h2-3,6-7H,4-5,8-9,13H2,1H3,(H,14,15);1H. The van der Waals surface area contributed by atoms with Crippen LogP contribution in [0.25, 0.3) is 0 Å². The van der Waals surface area contributed by atoms with Crippen LogP contribution in [0.1, 0.15) is 23.2 Å². The fourth-order valence-corrected chi connectivity index (χ4v) is 1.40. The van der Waals surface area contributed by atoms with Crippen molar-refractivity contribution in [2.45, 2.75) is 12.8 Å². The summed E-state index contributed by atoms with van der Waals surface area (Å²) < 4.78 is 5.11. The van der Waals surface area contributed by atoms with Crippen LogP contribution in [-0.2, 0) is 0 Å². The highest BCUT2D eigenvalue weighted by Gasteiger charge is 2.09. The molecular weight excluding hydrogens is 240 g/mol. The number of carbonyl (C=O) groups excluding carboxylic acids is 1. The van der Waals surface area contributed by atoms with Crippen LogP contribution in [-0.4, -0.2) is 26.1 Å². The Kier molecular flexibility index (Phi) is 8.19. The van der Waals surface area contributed by atoms with Gasteiger partial charge in [-0.3, -0.25) is 4.79 Å². The van der Waals surface area contributed by atoms with Gasteiger partial charge in [0.1, 0.15) is 5.75 Å². The number of amides is 1. The molecule has 1 amide bonds. The van der Waals surface area contributed by atoms with Crippen LogP contribution < -0.4 is 15.8 Å². The largest absolute Gasteiger partial charge is 0.496 e. The number of carbonyl (C=O) groups is 1. The van der Waals surface area contributed by atoms with E-state index in [4.69, 9.17) is 10.5 Å². The zero-order valence-corrected chi connectivity index (χ0v) is 10.8. The third kappa shape index (κ3) is 5.06. The first-order valence-corrected chi connectivity index (χ1v) is 5.41. The summed E-state index contributed by atoms with van der Waals surface area (Å²) in [6.07, 6.45) is 1.82. The molecule has 0 radical (unpaired) electrons. The molecule has 0 heterocycles. The van der Waals surface area contributed by atoms with E-state index in [0.717, 1.165) is 12.8 Å². The number of benzene rings is 1. The number of unbranched alkanes of at least 4 members (excludes halogenated alkanes) is 1. The Hall–Kier alpha value is -1.26. The number of hydrogen-bond donors (Lipinski definition) is 2. The number of hydrogen-bond acceptors (Lipinski definition) is 3. The molecule has 0 fully saturated rings. The number of halogens is 1. The van der Waals surface area contributed by atoms with Gasteiger partial charge in [-0.05, 0) is 31.5 Å². The molecular formula is C12H19ClN2O2. The Balaban J connectivity index is 0.00000256. The average molecular weight is 259 g/mol. The van der Waals surface area contributed by atoms with Gasteiger partial charge in [0, 0.05) is 6.54 Å². The Morgan fingerprint density at radius 1 is 1.35 bits per heavy atom. The summed E-state index contributed by atoms with van der Waals surface area (Å²) in [4.78, 5) is 11.8. The van der Waals surface area contributed by atoms with E-state index in [0.29, 0.717) is 24.4 Å². The Morgan fingerprint density at radius 2 is 2.06 bits per heavy atom. The highest BCUT2D eigenvalue weighted by Crippen LogP contribution is 2.16. The first-order chi connectivity index (χ1) is 7.79. The van der Waals surface area contributed by atoms with Crippen molar-refractivity contribution in [3.05, 3.63) is 29.8 Å². The number of nitrogens with one attached hydrogen (secondary N) is 1. The average Bonchev–Trinajstić information content (AvgIpc) is 2.34. The van der Waals surface area contributed by atoms with Gasteiger partial charge in [0.05, 0.1) is 12.7 Å². The van der Waals surface area contributed by atoms with E-state index >= 15 is 0 Å². The molecule has 17 heavy (non-hydrogen) atoms. The van der Waals surface area contributed by atoms with Crippen molar-refractivity contribution in [1.29, 1.82) is 0 Å². The van der Waals surface area contributed by atoms with Gasteiger partial charge >= 0.3 is 0 Å². The van der Waals surface area contributed by atoms with Crippen molar-refractivity contribution < 1.29 is 9.53 Å². The van der Waals surface area contributed by atoms with Crippen LogP contribution in [0.4, 0.5) is 0 Å². The molecule has 5 heteroatoms. The van der Waals surface area contributed by atoms with Crippen LogP contribution >= 0.6 is 12.4 Å². The predicted octanol–water partition coefficient (Wildman–Crippen LogP) is 1.59. The molecule has 0 bridgehead atoms. The van der Waals surface area contributed by atoms with Crippen LogP contribution in [0.3, 0.4) is 0 Å². The van der Waals surface area contributed by atoms with Gasteiger partial charge in [0.15, 0.2) is 0 Å². The molecule has 0 aliphatic heterocycles. The molecule has 1 aromatic carbocycles. The van der Waals surface area contributed by atoms with Crippen LogP contribution in [0.2, 0.25) is 0 Å². The number of rotatable bonds is 6. The third-order valence-electron chi connectivity index (χ3n) is 2.27. The maximum Gasteiger partial charge on any atom is 0.255 e. The molecule has 0 saturated carbocycles. The van der Waals surface area contributed by atoms with E-state index < -0.39 is 0 Å². The van der Waals surface area contributed by atoms with E-state index in [1.807, 2.05) is 12.1 Å². The maximum atomic E-state index is 11.8. The molecule has 0 atom stereocenters. The quantitative estimate of drug-likeness (QED) is 0.762. The minimum atomic E-state index is -0.102. The summed E-state index contributed by atoms with van der Waals surface area (Å²) in [5, 5.41) is 2.83. The minimum absolute atomic E-state index is 0. The van der Waals surface area contributed by atoms with Crippen molar-refractivity contribution in [2.24, 2.45) is 5.73 Å². The normalized spacial score (nSPS) is 9.29. The molecule has 96 valence electrons. The van der Waals surface area contributed by atoms with Crippen molar-refractivity contribution in [1.82, 2.24) is 5.32 Å². The van der Waals surface area contributed by atoms with Gasteiger partial charge in [-0.25, -0.2) is 0 Å². The smallest absolute Gasteiger partial charge is 0.255 e.